The van der Waals surface area contributed by atoms with Gasteiger partial charge in [0.05, 0.1) is 12.6 Å². The summed E-state index contributed by atoms with van der Waals surface area (Å²) in [6.45, 7) is 3.68. The first kappa shape index (κ1) is 17.1. The monoisotopic (exact) mass is 318 g/mol. The third kappa shape index (κ3) is 4.86. The number of benzene rings is 2. The smallest absolute Gasteiger partial charge is 0.234 e. The fourth-order valence-electron chi connectivity index (χ4n) is 2.33. The number of rotatable bonds is 6. The van der Waals surface area contributed by atoms with Crippen LogP contribution in [0.1, 0.15) is 37.1 Å². The minimum absolute atomic E-state index is 0.0508. The van der Waals surface area contributed by atoms with Crippen LogP contribution in [0.25, 0.3) is 0 Å². The molecule has 122 valence electrons. The van der Waals surface area contributed by atoms with E-state index < -0.39 is 17.7 Å². The van der Waals surface area contributed by atoms with Crippen LogP contribution in [-0.4, -0.2) is 12.5 Å². The Morgan fingerprint density at radius 3 is 2.39 bits per heavy atom. The second-order valence-corrected chi connectivity index (χ2v) is 5.47. The Balaban J connectivity index is 1.86. The number of carbonyl (C=O) groups excluding carboxylic acids is 1. The van der Waals surface area contributed by atoms with E-state index in [9.17, 15) is 13.6 Å². The molecule has 3 nitrogen and oxygen atoms in total. The van der Waals surface area contributed by atoms with E-state index in [4.69, 9.17) is 0 Å². The van der Waals surface area contributed by atoms with E-state index >= 15 is 0 Å². The molecule has 2 rings (SSSR count). The van der Waals surface area contributed by atoms with Crippen LogP contribution in [0.2, 0.25) is 0 Å². The van der Waals surface area contributed by atoms with Gasteiger partial charge in [0.15, 0.2) is 0 Å². The van der Waals surface area contributed by atoms with Gasteiger partial charge < -0.3 is 10.6 Å². The Bertz CT molecular complexity index is 661. The van der Waals surface area contributed by atoms with Crippen LogP contribution >= 0.6 is 0 Å². The molecule has 0 fully saturated rings. The lowest BCUT2D eigenvalue weighted by atomic mass is 10.1. The second kappa shape index (κ2) is 7.83. The van der Waals surface area contributed by atoms with Crippen LogP contribution < -0.4 is 10.6 Å². The molecule has 0 bridgehead atoms. The largest absolute Gasteiger partial charge is 0.348 e. The van der Waals surface area contributed by atoms with Crippen molar-refractivity contribution < 1.29 is 13.6 Å². The van der Waals surface area contributed by atoms with Gasteiger partial charge in [-0.15, -0.1) is 0 Å². The normalized spacial score (nSPS) is 13.4. The SMILES string of the molecule is C[C@H](NCC(=O)N[C@H](C)c1ccccc1)c1ccc(F)cc1F. The van der Waals surface area contributed by atoms with Gasteiger partial charge in [-0.05, 0) is 25.5 Å². The molecule has 0 spiro atoms. The Labute approximate surface area is 134 Å². The molecule has 0 unspecified atom stereocenters. The van der Waals surface area contributed by atoms with Crippen LogP contribution in [0.4, 0.5) is 8.78 Å². The third-order valence-corrected chi connectivity index (χ3v) is 3.67. The van der Waals surface area contributed by atoms with Crippen LogP contribution in [-0.2, 0) is 4.79 Å². The molecular formula is C18H20F2N2O. The standard InChI is InChI=1S/C18H20F2N2O/c1-12(14-6-4-3-5-7-14)22-18(23)11-21-13(2)16-9-8-15(19)10-17(16)20/h3-10,12-13,21H,11H2,1-2H3,(H,22,23)/t12-,13+/m1/s1. The fraction of sp³-hybridized carbons (Fsp3) is 0.278. The van der Waals surface area contributed by atoms with E-state index in [-0.39, 0.29) is 18.5 Å². The van der Waals surface area contributed by atoms with E-state index in [0.29, 0.717) is 5.56 Å². The molecule has 0 aliphatic carbocycles. The predicted molar refractivity (Wildman–Crippen MR) is 85.8 cm³/mol. The zero-order valence-electron chi connectivity index (χ0n) is 13.1. The van der Waals surface area contributed by atoms with Gasteiger partial charge in [-0.1, -0.05) is 36.4 Å². The average molecular weight is 318 g/mol. The highest BCUT2D eigenvalue weighted by Gasteiger charge is 2.14. The predicted octanol–water partition coefficient (Wildman–Crippen LogP) is 3.49. The molecular weight excluding hydrogens is 298 g/mol. The lowest BCUT2D eigenvalue weighted by Gasteiger charge is -2.17. The third-order valence-electron chi connectivity index (χ3n) is 3.67. The van der Waals surface area contributed by atoms with E-state index in [0.717, 1.165) is 11.6 Å². The van der Waals surface area contributed by atoms with Crippen molar-refractivity contribution in [1.82, 2.24) is 10.6 Å². The van der Waals surface area contributed by atoms with Crippen molar-refractivity contribution in [2.24, 2.45) is 0 Å². The van der Waals surface area contributed by atoms with Crippen molar-refractivity contribution in [1.29, 1.82) is 0 Å². The number of nitrogens with one attached hydrogen (secondary N) is 2. The number of hydrogen-bond donors (Lipinski definition) is 2. The first-order chi connectivity index (χ1) is 11.0. The summed E-state index contributed by atoms with van der Waals surface area (Å²) in [4.78, 5) is 12.0. The van der Waals surface area contributed by atoms with Gasteiger partial charge in [-0.2, -0.15) is 0 Å². The van der Waals surface area contributed by atoms with Gasteiger partial charge in [0.1, 0.15) is 11.6 Å². The average Bonchev–Trinajstić information content (AvgIpc) is 2.53. The van der Waals surface area contributed by atoms with Crippen molar-refractivity contribution >= 4 is 5.91 Å². The molecule has 5 heteroatoms. The summed E-state index contributed by atoms with van der Waals surface area (Å²) in [5.74, 6) is -1.42. The molecule has 0 radical (unpaired) electrons. The summed E-state index contributed by atoms with van der Waals surface area (Å²) < 4.78 is 26.6. The van der Waals surface area contributed by atoms with Crippen molar-refractivity contribution in [3.63, 3.8) is 0 Å². The number of carbonyl (C=O) groups is 1. The lowest BCUT2D eigenvalue weighted by Crippen LogP contribution is -2.36. The van der Waals surface area contributed by atoms with E-state index in [1.807, 2.05) is 37.3 Å². The Kier molecular flexibility index (Phi) is 5.82. The molecule has 1 amide bonds. The molecule has 0 saturated carbocycles. The maximum atomic E-state index is 13.7. The van der Waals surface area contributed by atoms with E-state index in [1.54, 1.807) is 6.92 Å². The molecule has 2 aromatic carbocycles. The minimum atomic E-state index is -0.622. The molecule has 2 N–H and O–H groups in total. The highest BCUT2D eigenvalue weighted by Crippen LogP contribution is 2.17. The summed E-state index contributed by atoms with van der Waals surface area (Å²) in [6, 6.07) is 12.5. The molecule has 0 aliphatic heterocycles. The molecule has 2 aromatic rings. The van der Waals surface area contributed by atoms with Gasteiger partial charge in [-0.25, -0.2) is 8.78 Å². The van der Waals surface area contributed by atoms with Crippen molar-refractivity contribution in [2.75, 3.05) is 6.54 Å². The quantitative estimate of drug-likeness (QED) is 0.856. The van der Waals surface area contributed by atoms with Gasteiger partial charge in [0.25, 0.3) is 0 Å². The summed E-state index contributed by atoms with van der Waals surface area (Å²) >= 11 is 0. The zero-order chi connectivity index (χ0) is 16.8. The number of halogens is 2. The van der Waals surface area contributed by atoms with Crippen molar-refractivity contribution in [3.05, 3.63) is 71.3 Å². The highest BCUT2D eigenvalue weighted by atomic mass is 19.1. The second-order valence-electron chi connectivity index (χ2n) is 5.47. The molecule has 2 atom stereocenters. The zero-order valence-corrected chi connectivity index (χ0v) is 13.1. The fourth-order valence-corrected chi connectivity index (χ4v) is 2.33. The minimum Gasteiger partial charge on any atom is -0.348 e. The maximum absolute atomic E-state index is 13.7. The Morgan fingerprint density at radius 1 is 1.04 bits per heavy atom. The molecule has 0 saturated heterocycles. The summed E-state index contributed by atoms with van der Waals surface area (Å²) in [5.41, 5.74) is 1.34. The number of hydrogen-bond acceptors (Lipinski definition) is 2. The molecule has 0 aromatic heterocycles. The van der Waals surface area contributed by atoms with Gasteiger partial charge in [0, 0.05) is 17.7 Å². The van der Waals surface area contributed by atoms with Gasteiger partial charge >= 0.3 is 0 Å². The van der Waals surface area contributed by atoms with Gasteiger partial charge in [-0.3, -0.25) is 4.79 Å². The molecule has 23 heavy (non-hydrogen) atoms. The first-order valence-corrected chi connectivity index (χ1v) is 7.50. The Hall–Kier alpha value is -2.27. The first-order valence-electron chi connectivity index (χ1n) is 7.50. The molecule has 0 aliphatic rings. The maximum Gasteiger partial charge on any atom is 0.234 e. The molecule has 0 heterocycles. The van der Waals surface area contributed by atoms with Crippen molar-refractivity contribution in [2.45, 2.75) is 25.9 Å². The van der Waals surface area contributed by atoms with Gasteiger partial charge in [0.2, 0.25) is 5.91 Å². The lowest BCUT2D eigenvalue weighted by molar-refractivity contribution is -0.121. The van der Waals surface area contributed by atoms with Crippen molar-refractivity contribution in [3.8, 4) is 0 Å². The van der Waals surface area contributed by atoms with E-state index in [2.05, 4.69) is 10.6 Å². The summed E-state index contributed by atoms with van der Waals surface area (Å²) in [6.07, 6.45) is 0. The van der Waals surface area contributed by atoms with Crippen LogP contribution in [0.15, 0.2) is 48.5 Å². The van der Waals surface area contributed by atoms with Crippen LogP contribution in [0.3, 0.4) is 0 Å². The Morgan fingerprint density at radius 2 is 1.74 bits per heavy atom. The van der Waals surface area contributed by atoms with E-state index in [1.165, 1.54) is 12.1 Å². The number of amides is 1. The topological polar surface area (TPSA) is 41.1 Å². The summed E-state index contributed by atoms with van der Waals surface area (Å²) in [7, 11) is 0. The van der Waals surface area contributed by atoms with Crippen LogP contribution in [0, 0.1) is 11.6 Å². The summed E-state index contributed by atoms with van der Waals surface area (Å²) in [5, 5.41) is 5.81. The van der Waals surface area contributed by atoms with Crippen LogP contribution in [0.5, 0.6) is 0 Å². The highest BCUT2D eigenvalue weighted by molar-refractivity contribution is 5.78.